The number of carbonyl (C=O) groups excluding carboxylic acids is 1. The van der Waals surface area contributed by atoms with Gasteiger partial charge >= 0.3 is 0 Å². The molecule has 3 aromatic rings. The molecular weight excluding hydrogens is 288 g/mol. The number of rotatable bonds is 4. The van der Waals surface area contributed by atoms with E-state index in [0.29, 0.717) is 12.1 Å². The van der Waals surface area contributed by atoms with Gasteiger partial charge in [0, 0.05) is 12.1 Å². The first-order valence-corrected chi connectivity index (χ1v) is 8.20. The molecule has 0 aliphatic carbocycles. The van der Waals surface area contributed by atoms with Crippen molar-refractivity contribution in [1.82, 2.24) is 10.3 Å². The van der Waals surface area contributed by atoms with Gasteiger partial charge in [0.2, 0.25) is 0 Å². The lowest BCUT2D eigenvalue weighted by Gasteiger charge is -2.02. The maximum absolute atomic E-state index is 12.0. The summed E-state index contributed by atoms with van der Waals surface area (Å²) in [6.45, 7) is 2.75. The Bertz CT molecular complexity index is 732. The van der Waals surface area contributed by atoms with Crippen LogP contribution in [0.4, 0.5) is 0 Å². The Kier molecular flexibility index (Phi) is 3.80. The number of nitrogens with zero attached hydrogens (tertiary/aromatic N) is 1. The monoisotopic (exact) mass is 302 g/mol. The average Bonchev–Trinajstić information content (AvgIpc) is 3.11. The summed E-state index contributed by atoms with van der Waals surface area (Å²) in [5.41, 5.74) is 1.65. The van der Waals surface area contributed by atoms with Gasteiger partial charge in [-0.05, 0) is 36.1 Å². The van der Waals surface area contributed by atoms with Crippen molar-refractivity contribution in [2.75, 3.05) is 6.54 Å². The Balaban J connectivity index is 1.93. The summed E-state index contributed by atoms with van der Waals surface area (Å²) in [5.74, 6) is -0.0141. The fraction of sp³-hybridized carbons (Fsp3) is 0.200. The zero-order valence-corrected chi connectivity index (χ0v) is 12.7. The number of aromatic nitrogens is 1. The number of thiophene rings is 1. The van der Waals surface area contributed by atoms with Gasteiger partial charge in [0.25, 0.3) is 5.91 Å². The number of hydrogen-bond acceptors (Lipinski definition) is 4. The molecule has 0 atom stereocenters. The molecule has 20 heavy (non-hydrogen) atoms. The standard InChI is InChI=1S/C15H14N2OS2/c1-2-7-16-14(18)10-5-6-11-13(9-10)20-15(17-11)12-4-3-8-19-12/h3-6,8-9H,2,7H2,1H3,(H,16,18). The van der Waals surface area contributed by atoms with E-state index in [1.807, 2.05) is 36.6 Å². The van der Waals surface area contributed by atoms with Crippen LogP contribution < -0.4 is 5.32 Å². The second-order valence-corrected chi connectivity index (χ2v) is 6.41. The fourth-order valence-corrected chi connectivity index (χ4v) is 3.71. The van der Waals surface area contributed by atoms with E-state index in [0.717, 1.165) is 21.6 Å². The molecule has 0 fully saturated rings. The average molecular weight is 302 g/mol. The number of hydrogen-bond donors (Lipinski definition) is 1. The summed E-state index contributed by atoms with van der Waals surface area (Å²) in [7, 11) is 0. The molecule has 1 amide bonds. The van der Waals surface area contributed by atoms with Crippen molar-refractivity contribution in [2.45, 2.75) is 13.3 Å². The van der Waals surface area contributed by atoms with Crippen LogP contribution in [0.3, 0.4) is 0 Å². The highest BCUT2D eigenvalue weighted by atomic mass is 32.1. The van der Waals surface area contributed by atoms with Gasteiger partial charge < -0.3 is 5.32 Å². The van der Waals surface area contributed by atoms with Crippen molar-refractivity contribution in [3.8, 4) is 9.88 Å². The molecular formula is C15H14N2OS2. The van der Waals surface area contributed by atoms with Crippen molar-refractivity contribution in [1.29, 1.82) is 0 Å². The van der Waals surface area contributed by atoms with Crippen LogP contribution in [0.1, 0.15) is 23.7 Å². The van der Waals surface area contributed by atoms with Crippen molar-refractivity contribution < 1.29 is 4.79 Å². The molecule has 0 spiro atoms. The Labute approximate surface area is 125 Å². The Morgan fingerprint density at radius 3 is 3.00 bits per heavy atom. The number of fused-ring (bicyclic) bond motifs is 1. The minimum Gasteiger partial charge on any atom is -0.352 e. The molecule has 3 nitrogen and oxygen atoms in total. The van der Waals surface area contributed by atoms with Crippen LogP contribution in [-0.4, -0.2) is 17.4 Å². The van der Waals surface area contributed by atoms with E-state index < -0.39 is 0 Å². The largest absolute Gasteiger partial charge is 0.352 e. The number of nitrogens with one attached hydrogen (secondary N) is 1. The summed E-state index contributed by atoms with van der Waals surface area (Å²) in [4.78, 5) is 17.7. The first kappa shape index (κ1) is 13.3. The smallest absolute Gasteiger partial charge is 0.251 e. The third-order valence-corrected chi connectivity index (χ3v) is 4.98. The zero-order chi connectivity index (χ0) is 13.9. The lowest BCUT2D eigenvalue weighted by atomic mass is 10.2. The second kappa shape index (κ2) is 5.73. The molecule has 0 saturated heterocycles. The summed E-state index contributed by atoms with van der Waals surface area (Å²) in [6, 6.07) is 9.77. The number of benzene rings is 1. The molecule has 102 valence electrons. The first-order chi connectivity index (χ1) is 9.78. The van der Waals surface area contributed by atoms with Crippen molar-refractivity contribution in [2.24, 2.45) is 0 Å². The molecule has 0 radical (unpaired) electrons. The third-order valence-electron chi connectivity index (χ3n) is 2.92. The SMILES string of the molecule is CCCNC(=O)c1ccc2nc(-c3cccs3)sc2c1. The van der Waals surface area contributed by atoms with E-state index in [9.17, 15) is 4.79 Å². The maximum Gasteiger partial charge on any atom is 0.251 e. The predicted molar refractivity (Wildman–Crippen MR) is 85.6 cm³/mol. The molecule has 0 saturated carbocycles. The molecule has 1 N–H and O–H groups in total. The summed E-state index contributed by atoms with van der Waals surface area (Å²) >= 11 is 3.31. The van der Waals surface area contributed by atoms with Gasteiger partial charge in [-0.25, -0.2) is 4.98 Å². The van der Waals surface area contributed by atoms with Gasteiger partial charge in [-0.3, -0.25) is 4.79 Å². The topological polar surface area (TPSA) is 42.0 Å². The molecule has 1 aromatic carbocycles. The van der Waals surface area contributed by atoms with Crippen LogP contribution in [0.25, 0.3) is 20.1 Å². The van der Waals surface area contributed by atoms with Gasteiger partial charge in [-0.15, -0.1) is 22.7 Å². The highest BCUT2D eigenvalue weighted by molar-refractivity contribution is 7.25. The van der Waals surface area contributed by atoms with E-state index in [2.05, 4.69) is 16.4 Å². The molecule has 0 aliphatic rings. The van der Waals surface area contributed by atoms with Crippen LogP contribution in [0.5, 0.6) is 0 Å². The van der Waals surface area contributed by atoms with E-state index in [4.69, 9.17) is 0 Å². The lowest BCUT2D eigenvalue weighted by molar-refractivity contribution is 0.0954. The van der Waals surface area contributed by atoms with Gasteiger partial charge in [0.1, 0.15) is 5.01 Å². The molecule has 5 heteroatoms. The van der Waals surface area contributed by atoms with E-state index in [-0.39, 0.29) is 5.91 Å². The Morgan fingerprint density at radius 1 is 1.35 bits per heavy atom. The van der Waals surface area contributed by atoms with Crippen molar-refractivity contribution in [3.05, 3.63) is 41.3 Å². The summed E-state index contributed by atoms with van der Waals surface area (Å²) in [6.07, 6.45) is 0.942. The fourth-order valence-electron chi connectivity index (χ4n) is 1.91. The van der Waals surface area contributed by atoms with Crippen LogP contribution in [-0.2, 0) is 0 Å². The van der Waals surface area contributed by atoms with Crippen LogP contribution >= 0.6 is 22.7 Å². The number of carbonyl (C=O) groups is 1. The minimum absolute atomic E-state index is 0.0141. The van der Waals surface area contributed by atoms with Gasteiger partial charge in [0.05, 0.1) is 15.1 Å². The summed E-state index contributed by atoms with van der Waals surface area (Å²) < 4.78 is 1.05. The van der Waals surface area contributed by atoms with Gasteiger partial charge in [-0.2, -0.15) is 0 Å². The van der Waals surface area contributed by atoms with Gasteiger partial charge in [-0.1, -0.05) is 13.0 Å². The van der Waals surface area contributed by atoms with Crippen LogP contribution in [0.2, 0.25) is 0 Å². The number of thiazole rings is 1. The van der Waals surface area contributed by atoms with Crippen LogP contribution in [0.15, 0.2) is 35.7 Å². The molecule has 2 aromatic heterocycles. The molecule has 2 heterocycles. The molecule has 0 aliphatic heterocycles. The first-order valence-electron chi connectivity index (χ1n) is 6.50. The Morgan fingerprint density at radius 2 is 2.25 bits per heavy atom. The van der Waals surface area contributed by atoms with Crippen molar-refractivity contribution >= 4 is 38.8 Å². The highest BCUT2D eigenvalue weighted by Crippen LogP contribution is 2.33. The van der Waals surface area contributed by atoms with E-state index in [1.54, 1.807) is 22.7 Å². The normalized spacial score (nSPS) is 10.8. The quantitative estimate of drug-likeness (QED) is 0.786. The molecule has 0 bridgehead atoms. The Hall–Kier alpha value is -1.72. The van der Waals surface area contributed by atoms with Crippen LogP contribution in [0, 0.1) is 0 Å². The number of amides is 1. The lowest BCUT2D eigenvalue weighted by Crippen LogP contribution is -2.23. The third kappa shape index (κ3) is 2.59. The zero-order valence-electron chi connectivity index (χ0n) is 11.1. The molecule has 0 unspecified atom stereocenters. The second-order valence-electron chi connectivity index (χ2n) is 4.43. The highest BCUT2D eigenvalue weighted by Gasteiger charge is 2.10. The van der Waals surface area contributed by atoms with E-state index >= 15 is 0 Å². The maximum atomic E-state index is 12.0. The van der Waals surface area contributed by atoms with E-state index in [1.165, 1.54) is 4.88 Å². The van der Waals surface area contributed by atoms with Crippen molar-refractivity contribution in [3.63, 3.8) is 0 Å². The predicted octanol–water partition coefficient (Wildman–Crippen LogP) is 4.16. The summed E-state index contributed by atoms with van der Waals surface area (Å²) in [5, 5.41) is 5.96. The molecule has 3 rings (SSSR count). The minimum atomic E-state index is -0.0141. The van der Waals surface area contributed by atoms with Gasteiger partial charge in [0.15, 0.2) is 0 Å².